The number of hydrogen-bond acceptors (Lipinski definition) is 4. The number of ether oxygens (including phenoxy) is 1. The van der Waals surface area contributed by atoms with Crippen molar-refractivity contribution in [1.29, 1.82) is 0 Å². The minimum atomic E-state index is -0.176. The van der Waals surface area contributed by atoms with Gasteiger partial charge in [0, 0.05) is 38.8 Å². The molecule has 2 fully saturated rings. The molecule has 1 atom stereocenters. The molecule has 0 aromatic heterocycles. The van der Waals surface area contributed by atoms with Gasteiger partial charge in [0.2, 0.25) is 0 Å². The number of rotatable bonds is 5. The molecule has 2 aliphatic heterocycles. The lowest BCUT2D eigenvalue weighted by atomic mass is 10.2. The molecule has 0 aliphatic carbocycles. The summed E-state index contributed by atoms with van der Waals surface area (Å²) in [5, 5.41) is 3.18. The number of benzene rings is 1. The first-order valence-electron chi connectivity index (χ1n) is 7.85. The van der Waals surface area contributed by atoms with E-state index in [4.69, 9.17) is 4.74 Å². The van der Waals surface area contributed by atoms with Gasteiger partial charge in [0.15, 0.2) is 0 Å². The summed E-state index contributed by atoms with van der Waals surface area (Å²) in [4.78, 5) is 5.02. The Morgan fingerprint density at radius 3 is 2.81 bits per heavy atom. The smallest absolute Gasteiger partial charge is 0.146 e. The number of morpholine rings is 1. The average molecular weight is 293 g/mol. The maximum absolute atomic E-state index is 13.5. The summed E-state index contributed by atoms with van der Waals surface area (Å²) in [6.45, 7) is 7.88. The molecule has 2 saturated heterocycles. The van der Waals surface area contributed by atoms with Gasteiger partial charge in [-0.25, -0.2) is 4.39 Å². The molecule has 0 spiro atoms. The highest BCUT2D eigenvalue weighted by molar-refractivity contribution is 5.44. The van der Waals surface area contributed by atoms with Gasteiger partial charge in [-0.05, 0) is 25.1 Å². The van der Waals surface area contributed by atoms with Crippen molar-refractivity contribution in [1.82, 2.24) is 9.80 Å². The SMILES string of the molecule is Fc1ccccc1NCCN1CCC(N2CCOCC2)C1. The summed E-state index contributed by atoms with van der Waals surface area (Å²) in [5.74, 6) is -0.176. The quantitative estimate of drug-likeness (QED) is 0.893. The minimum absolute atomic E-state index is 0.176. The van der Waals surface area contributed by atoms with Crippen molar-refractivity contribution in [3.8, 4) is 0 Å². The van der Waals surface area contributed by atoms with Crippen LogP contribution < -0.4 is 5.32 Å². The highest BCUT2D eigenvalue weighted by Crippen LogP contribution is 2.17. The molecule has 1 N–H and O–H groups in total. The third-order valence-corrected chi connectivity index (χ3v) is 4.43. The topological polar surface area (TPSA) is 27.7 Å². The highest BCUT2D eigenvalue weighted by Gasteiger charge is 2.28. The van der Waals surface area contributed by atoms with Crippen molar-refractivity contribution in [2.24, 2.45) is 0 Å². The van der Waals surface area contributed by atoms with E-state index in [1.807, 2.05) is 6.07 Å². The van der Waals surface area contributed by atoms with Crippen molar-refractivity contribution in [2.45, 2.75) is 12.5 Å². The lowest BCUT2D eigenvalue weighted by Crippen LogP contribution is -2.44. The van der Waals surface area contributed by atoms with Crippen LogP contribution in [0.3, 0.4) is 0 Å². The van der Waals surface area contributed by atoms with Crippen molar-refractivity contribution in [2.75, 3.05) is 57.8 Å². The van der Waals surface area contributed by atoms with Crippen LogP contribution in [0, 0.1) is 5.82 Å². The Bertz CT molecular complexity index is 451. The van der Waals surface area contributed by atoms with Gasteiger partial charge in [-0.15, -0.1) is 0 Å². The van der Waals surface area contributed by atoms with Gasteiger partial charge in [-0.3, -0.25) is 9.80 Å². The highest BCUT2D eigenvalue weighted by atomic mass is 19.1. The fourth-order valence-electron chi connectivity index (χ4n) is 3.21. The Morgan fingerprint density at radius 1 is 1.19 bits per heavy atom. The number of hydrogen-bond donors (Lipinski definition) is 1. The number of halogens is 1. The standard InChI is InChI=1S/C16H24FN3O/c17-15-3-1-2-4-16(15)18-6-8-19-7-5-14(13-19)20-9-11-21-12-10-20/h1-4,14,18H,5-13H2. The Labute approximate surface area is 125 Å². The van der Waals surface area contributed by atoms with Gasteiger partial charge in [0.05, 0.1) is 18.9 Å². The minimum Gasteiger partial charge on any atom is -0.381 e. The Hall–Kier alpha value is -1.17. The fourth-order valence-corrected chi connectivity index (χ4v) is 3.21. The first-order valence-corrected chi connectivity index (χ1v) is 7.85. The molecule has 1 unspecified atom stereocenters. The summed E-state index contributed by atoms with van der Waals surface area (Å²) >= 11 is 0. The molecule has 4 nitrogen and oxygen atoms in total. The van der Waals surface area contributed by atoms with E-state index in [9.17, 15) is 4.39 Å². The van der Waals surface area contributed by atoms with Gasteiger partial charge in [-0.2, -0.15) is 0 Å². The van der Waals surface area contributed by atoms with E-state index in [-0.39, 0.29) is 5.82 Å². The number of likely N-dealkylation sites (tertiary alicyclic amines) is 1. The molecule has 0 radical (unpaired) electrons. The fraction of sp³-hybridized carbons (Fsp3) is 0.625. The van der Waals surface area contributed by atoms with Crippen molar-refractivity contribution in [3.05, 3.63) is 30.1 Å². The van der Waals surface area contributed by atoms with Crippen LogP contribution in [0.25, 0.3) is 0 Å². The molecule has 116 valence electrons. The summed E-state index contributed by atoms with van der Waals surface area (Å²) in [7, 11) is 0. The van der Waals surface area contributed by atoms with Crippen LogP contribution in [0.2, 0.25) is 0 Å². The Morgan fingerprint density at radius 2 is 2.00 bits per heavy atom. The summed E-state index contributed by atoms with van der Waals surface area (Å²) < 4.78 is 18.9. The van der Waals surface area contributed by atoms with Gasteiger partial charge in [0.1, 0.15) is 5.82 Å². The molecule has 0 bridgehead atoms. The van der Waals surface area contributed by atoms with E-state index in [0.29, 0.717) is 11.7 Å². The van der Waals surface area contributed by atoms with Gasteiger partial charge in [-0.1, -0.05) is 12.1 Å². The van der Waals surface area contributed by atoms with E-state index in [2.05, 4.69) is 15.1 Å². The van der Waals surface area contributed by atoms with Crippen molar-refractivity contribution < 1.29 is 9.13 Å². The molecule has 2 heterocycles. The predicted molar refractivity (Wildman–Crippen MR) is 82.1 cm³/mol. The summed E-state index contributed by atoms with van der Waals surface area (Å²) in [5.41, 5.74) is 0.599. The number of nitrogens with one attached hydrogen (secondary N) is 1. The van der Waals surface area contributed by atoms with Crippen LogP contribution in [0.5, 0.6) is 0 Å². The lowest BCUT2D eigenvalue weighted by molar-refractivity contribution is 0.0186. The summed E-state index contributed by atoms with van der Waals surface area (Å²) in [6, 6.07) is 7.52. The lowest BCUT2D eigenvalue weighted by Gasteiger charge is -2.32. The van der Waals surface area contributed by atoms with E-state index in [1.165, 1.54) is 12.5 Å². The van der Waals surface area contributed by atoms with Crippen LogP contribution in [-0.4, -0.2) is 68.3 Å². The van der Waals surface area contributed by atoms with Crippen molar-refractivity contribution >= 4 is 5.69 Å². The summed E-state index contributed by atoms with van der Waals surface area (Å²) in [6.07, 6.45) is 1.24. The van der Waals surface area contributed by atoms with Crippen LogP contribution >= 0.6 is 0 Å². The number of anilines is 1. The Kier molecular flexibility index (Phi) is 5.06. The molecular formula is C16H24FN3O. The van der Waals surface area contributed by atoms with Gasteiger partial charge >= 0.3 is 0 Å². The van der Waals surface area contributed by atoms with E-state index in [0.717, 1.165) is 52.5 Å². The molecule has 0 amide bonds. The van der Waals surface area contributed by atoms with Crippen LogP contribution in [0.15, 0.2) is 24.3 Å². The zero-order valence-electron chi connectivity index (χ0n) is 12.4. The molecule has 21 heavy (non-hydrogen) atoms. The van der Waals surface area contributed by atoms with Crippen LogP contribution in [-0.2, 0) is 4.74 Å². The number of nitrogens with zero attached hydrogens (tertiary/aromatic N) is 2. The van der Waals surface area contributed by atoms with E-state index >= 15 is 0 Å². The van der Waals surface area contributed by atoms with Crippen molar-refractivity contribution in [3.63, 3.8) is 0 Å². The molecule has 3 rings (SSSR count). The second kappa shape index (κ2) is 7.20. The molecular weight excluding hydrogens is 269 g/mol. The second-order valence-electron chi connectivity index (χ2n) is 5.80. The molecule has 1 aromatic rings. The predicted octanol–water partition coefficient (Wildman–Crippen LogP) is 1.64. The molecule has 0 saturated carbocycles. The maximum atomic E-state index is 13.5. The normalized spacial score (nSPS) is 24.3. The zero-order valence-corrected chi connectivity index (χ0v) is 12.4. The Balaban J connectivity index is 1.40. The first kappa shape index (κ1) is 14.8. The zero-order chi connectivity index (χ0) is 14.5. The van der Waals surface area contributed by atoms with Crippen LogP contribution in [0.1, 0.15) is 6.42 Å². The van der Waals surface area contributed by atoms with Gasteiger partial charge < -0.3 is 10.1 Å². The monoisotopic (exact) mass is 293 g/mol. The average Bonchev–Trinajstić information content (AvgIpc) is 2.99. The molecule has 5 heteroatoms. The second-order valence-corrected chi connectivity index (χ2v) is 5.80. The van der Waals surface area contributed by atoms with E-state index < -0.39 is 0 Å². The van der Waals surface area contributed by atoms with Gasteiger partial charge in [0.25, 0.3) is 0 Å². The van der Waals surface area contributed by atoms with Crippen LogP contribution in [0.4, 0.5) is 10.1 Å². The first-order chi connectivity index (χ1) is 10.3. The number of para-hydroxylation sites is 1. The molecule has 2 aliphatic rings. The maximum Gasteiger partial charge on any atom is 0.146 e. The largest absolute Gasteiger partial charge is 0.381 e. The molecule has 1 aromatic carbocycles. The van der Waals surface area contributed by atoms with E-state index in [1.54, 1.807) is 12.1 Å². The third kappa shape index (κ3) is 3.93. The third-order valence-electron chi connectivity index (χ3n) is 4.43.